The van der Waals surface area contributed by atoms with Crippen molar-refractivity contribution in [1.29, 1.82) is 0 Å². The summed E-state index contributed by atoms with van der Waals surface area (Å²) in [7, 11) is 0. The molecule has 1 aromatic heterocycles. The Morgan fingerprint density at radius 3 is 2.62 bits per heavy atom. The van der Waals surface area contributed by atoms with Crippen LogP contribution >= 0.6 is 0 Å². The van der Waals surface area contributed by atoms with Gasteiger partial charge in [-0.3, -0.25) is 9.59 Å². The van der Waals surface area contributed by atoms with Crippen LogP contribution in [0.25, 0.3) is 0 Å². The van der Waals surface area contributed by atoms with E-state index in [1.165, 1.54) is 6.26 Å². The minimum Gasteiger partial charge on any atom is -0.459 e. The molecule has 1 saturated heterocycles. The van der Waals surface area contributed by atoms with Gasteiger partial charge in [-0.15, -0.1) is 6.58 Å². The van der Waals surface area contributed by atoms with Crippen LogP contribution in [0.15, 0.2) is 59.7 Å². The van der Waals surface area contributed by atoms with Gasteiger partial charge in [0.1, 0.15) is 0 Å². The highest BCUT2D eigenvalue weighted by Gasteiger charge is 2.24. The van der Waals surface area contributed by atoms with Gasteiger partial charge < -0.3 is 20.0 Å². The largest absolute Gasteiger partial charge is 0.459 e. The van der Waals surface area contributed by atoms with E-state index in [9.17, 15) is 9.59 Å². The number of carbonyl (C=O) groups excluding carboxylic acids is 2. The number of carbonyl (C=O) groups is 2. The van der Waals surface area contributed by atoms with Crippen molar-refractivity contribution < 1.29 is 14.0 Å². The third-order valence-corrected chi connectivity index (χ3v) is 4.47. The summed E-state index contributed by atoms with van der Waals surface area (Å²) >= 11 is 0. The number of amides is 2. The Morgan fingerprint density at radius 2 is 1.92 bits per heavy atom. The van der Waals surface area contributed by atoms with E-state index in [1.54, 1.807) is 18.2 Å². The number of anilines is 1. The average molecular weight is 353 g/mol. The van der Waals surface area contributed by atoms with Crippen LogP contribution in [0, 0.1) is 0 Å². The van der Waals surface area contributed by atoms with Gasteiger partial charge in [-0.2, -0.15) is 0 Å². The van der Waals surface area contributed by atoms with E-state index < -0.39 is 0 Å². The van der Waals surface area contributed by atoms with Crippen LogP contribution in [-0.2, 0) is 0 Å². The molecule has 26 heavy (non-hydrogen) atoms. The lowest BCUT2D eigenvalue weighted by atomic mass is 10.0. The Balaban J connectivity index is 1.60. The molecule has 0 atom stereocenters. The number of nitrogens with zero attached hydrogens (tertiary/aromatic N) is 1. The fourth-order valence-corrected chi connectivity index (χ4v) is 3.13. The first kappa shape index (κ1) is 17.8. The molecule has 136 valence electrons. The molecule has 2 amide bonds. The maximum atomic E-state index is 12.4. The summed E-state index contributed by atoms with van der Waals surface area (Å²) in [5, 5.41) is 5.84. The molecule has 2 aromatic rings. The number of piperidine rings is 1. The summed E-state index contributed by atoms with van der Waals surface area (Å²) in [4.78, 5) is 26.6. The maximum absolute atomic E-state index is 12.4. The van der Waals surface area contributed by atoms with E-state index in [1.807, 2.05) is 24.3 Å². The van der Waals surface area contributed by atoms with Crippen molar-refractivity contribution in [3.8, 4) is 0 Å². The number of hydrogen-bond acceptors (Lipinski definition) is 4. The van der Waals surface area contributed by atoms with Crippen molar-refractivity contribution in [2.24, 2.45) is 0 Å². The van der Waals surface area contributed by atoms with Crippen LogP contribution < -0.4 is 15.5 Å². The lowest BCUT2D eigenvalue weighted by Crippen LogP contribution is -2.45. The summed E-state index contributed by atoms with van der Waals surface area (Å²) in [5.41, 5.74) is 1.58. The molecule has 1 aliphatic rings. The van der Waals surface area contributed by atoms with Gasteiger partial charge in [0.05, 0.1) is 11.8 Å². The second-order valence-electron chi connectivity index (χ2n) is 6.23. The molecule has 1 aliphatic heterocycles. The zero-order valence-corrected chi connectivity index (χ0v) is 14.6. The van der Waals surface area contributed by atoms with Crippen molar-refractivity contribution in [1.82, 2.24) is 10.6 Å². The summed E-state index contributed by atoms with van der Waals surface area (Å²) in [5.74, 6) is 0.0445. The van der Waals surface area contributed by atoms with Crippen LogP contribution in [0.4, 0.5) is 5.69 Å². The van der Waals surface area contributed by atoms with Crippen LogP contribution in [0.2, 0.25) is 0 Å². The van der Waals surface area contributed by atoms with Gasteiger partial charge in [0.25, 0.3) is 11.8 Å². The summed E-state index contributed by atoms with van der Waals surface area (Å²) in [6.07, 6.45) is 4.78. The Bertz CT molecular complexity index is 762. The van der Waals surface area contributed by atoms with Crippen LogP contribution in [0.5, 0.6) is 0 Å². The van der Waals surface area contributed by atoms with E-state index in [0.717, 1.165) is 31.6 Å². The smallest absolute Gasteiger partial charge is 0.287 e. The van der Waals surface area contributed by atoms with Gasteiger partial charge in [-0.25, -0.2) is 0 Å². The van der Waals surface area contributed by atoms with Crippen LogP contribution in [-0.4, -0.2) is 37.5 Å². The summed E-state index contributed by atoms with van der Waals surface area (Å²) in [6.45, 7) is 5.61. The molecule has 0 unspecified atom stereocenters. The molecular formula is C20H23N3O3. The molecular weight excluding hydrogens is 330 g/mol. The molecule has 2 heterocycles. The minimum absolute atomic E-state index is 0.102. The molecule has 0 aliphatic carbocycles. The van der Waals surface area contributed by atoms with Crippen molar-refractivity contribution in [2.75, 3.05) is 24.5 Å². The van der Waals surface area contributed by atoms with Gasteiger partial charge >= 0.3 is 0 Å². The fraction of sp³-hybridized carbons (Fsp3) is 0.300. The topological polar surface area (TPSA) is 74.6 Å². The number of nitrogens with one attached hydrogen (secondary N) is 2. The molecule has 1 fully saturated rings. The first-order valence-corrected chi connectivity index (χ1v) is 8.76. The SMILES string of the molecule is C=CCNC(=O)c1ccccc1N1CCC(NC(=O)c2ccco2)CC1. The van der Waals surface area contributed by atoms with Gasteiger partial charge in [0.2, 0.25) is 0 Å². The lowest BCUT2D eigenvalue weighted by Gasteiger charge is -2.34. The van der Waals surface area contributed by atoms with Crippen LogP contribution in [0.1, 0.15) is 33.8 Å². The van der Waals surface area contributed by atoms with E-state index in [2.05, 4.69) is 22.1 Å². The Hall–Kier alpha value is -3.02. The molecule has 2 N–H and O–H groups in total. The van der Waals surface area contributed by atoms with E-state index in [0.29, 0.717) is 17.9 Å². The summed E-state index contributed by atoms with van der Waals surface area (Å²) < 4.78 is 5.13. The predicted molar refractivity (Wildman–Crippen MR) is 100 cm³/mol. The Morgan fingerprint density at radius 1 is 1.15 bits per heavy atom. The van der Waals surface area contributed by atoms with Gasteiger partial charge in [-0.05, 0) is 37.1 Å². The number of rotatable bonds is 6. The van der Waals surface area contributed by atoms with E-state index >= 15 is 0 Å². The normalized spacial score (nSPS) is 14.7. The molecule has 1 aromatic carbocycles. The average Bonchev–Trinajstić information content (AvgIpc) is 3.22. The third kappa shape index (κ3) is 4.14. The minimum atomic E-state index is -0.183. The van der Waals surface area contributed by atoms with E-state index in [4.69, 9.17) is 4.42 Å². The highest BCUT2D eigenvalue weighted by atomic mass is 16.3. The maximum Gasteiger partial charge on any atom is 0.287 e. The quantitative estimate of drug-likeness (QED) is 0.783. The Labute approximate surface area is 152 Å². The van der Waals surface area contributed by atoms with Gasteiger partial charge in [-0.1, -0.05) is 18.2 Å². The van der Waals surface area contributed by atoms with Crippen LogP contribution in [0.3, 0.4) is 0 Å². The fourth-order valence-electron chi connectivity index (χ4n) is 3.13. The lowest BCUT2D eigenvalue weighted by molar-refractivity contribution is 0.0902. The van der Waals surface area contributed by atoms with Crippen molar-refractivity contribution in [3.63, 3.8) is 0 Å². The molecule has 3 rings (SSSR count). The molecule has 0 spiro atoms. The number of hydrogen-bond donors (Lipinski definition) is 2. The van der Waals surface area contributed by atoms with Gasteiger partial charge in [0.15, 0.2) is 5.76 Å². The van der Waals surface area contributed by atoms with Crippen molar-refractivity contribution in [2.45, 2.75) is 18.9 Å². The number of furan rings is 1. The molecule has 0 radical (unpaired) electrons. The zero-order valence-electron chi connectivity index (χ0n) is 14.6. The van der Waals surface area contributed by atoms with Crippen molar-refractivity contribution >= 4 is 17.5 Å². The monoisotopic (exact) mass is 353 g/mol. The first-order chi connectivity index (χ1) is 12.7. The standard InChI is InChI=1S/C20H23N3O3/c1-2-11-21-19(24)16-6-3-4-7-17(16)23-12-9-15(10-13-23)22-20(25)18-8-5-14-26-18/h2-8,14-15H,1,9-13H2,(H,21,24)(H,22,25). The Kier molecular flexibility index (Phi) is 5.73. The second kappa shape index (κ2) is 8.38. The summed E-state index contributed by atoms with van der Waals surface area (Å²) in [6, 6.07) is 11.1. The first-order valence-electron chi connectivity index (χ1n) is 8.76. The van der Waals surface area contributed by atoms with E-state index in [-0.39, 0.29) is 17.9 Å². The molecule has 0 bridgehead atoms. The highest BCUT2D eigenvalue weighted by molar-refractivity contribution is 5.99. The highest BCUT2D eigenvalue weighted by Crippen LogP contribution is 2.24. The zero-order chi connectivity index (χ0) is 18.4. The number of benzene rings is 1. The number of para-hydroxylation sites is 1. The molecule has 0 saturated carbocycles. The second-order valence-corrected chi connectivity index (χ2v) is 6.23. The predicted octanol–water partition coefficient (Wildman–Crippen LogP) is 2.59. The third-order valence-electron chi connectivity index (χ3n) is 4.47. The van der Waals surface area contributed by atoms with Crippen molar-refractivity contribution in [3.05, 3.63) is 66.6 Å². The molecule has 6 heteroatoms. The molecule has 6 nitrogen and oxygen atoms in total. The van der Waals surface area contributed by atoms with Gasteiger partial charge in [0, 0.05) is 31.4 Å².